The molecule has 0 saturated carbocycles. The fraction of sp³-hybridized carbons (Fsp3) is 0.185. The normalized spacial score (nSPS) is 14.6. The van der Waals surface area contributed by atoms with E-state index < -0.39 is 12.3 Å². The maximum Gasteiger partial charge on any atom is 0.409 e. The number of aromatic nitrogens is 3. The molecule has 3 aromatic carbocycles. The van der Waals surface area contributed by atoms with E-state index in [0.717, 1.165) is 33.9 Å². The molecule has 1 amide bonds. The maximum absolute atomic E-state index is 12.8. The van der Waals surface area contributed by atoms with Gasteiger partial charge in [-0.15, -0.1) is 10.2 Å². The Hall–Kier alpha value is -4.26. The van der Waals surface area contributed by atoms with Gasteiger partial charge in [-0.25, -0.2) is 4.79 Å². The van der Waals surface area contributed by atoms with E-state index in [4.69, 9.17) is 9.73 Å². The summed E-state index contributed by atoms with van der Waals surface area (Å²) in [6, 6.07) is 27.5. The number of amides is 1. The van der Waals surface area contributed by atoms with Crippen molar-refractivity contribution in [1.29, 1.82) is 0 Å². The van der Waals surface area contributed by atoms with Crippen LogP contribution < -0.4 is 5.32 Å². The van der Waals surface area contributed by atoms with Crippen LogP contribution in [0.2, 0.25) is 0 Å². The molecule has 170 valence electrons. The summed E-state index contributed by atoms with van der Waals surface area (Å²) in [5.74, 6) is 1.47. The lowest BCUT2D eigenvalue weighted by Gasteiger charge is -2.16. The third-order valence-electron chi connectivity index (χ3n) is 5.65. The van der Waals surface area contributed by atoms with Crippen molar-refractivity contribution in [3.8, 4) is 5.69 Å². The predicted octanol–water partition coefficient (Wildman–Crippen LogP) is 5.17. The minimum absolute atomic E-state index is 0.123. The van der Waals surface area contributed by atoms with Crippen LogP contribution in [0, 0.1) is 0 Å². The highest BCUT2D eigenvalue weighted by molar-refractivity contribution is 6.15. The minimum atomic E-state index is -0.772. The third-order valence-corrected chi connectivity index (χ3v) is 5.65. The first-order valence-electron chi connectivity index (χ1n) is 11.3. The van der Waals surface area contributed by atoms with Crippen LogP contribution in [0.5, 0.6) is 0 Å². The zero-order valence-electron chi connectivity index (χ0n) is 19.1. The van der Waals surface area contributed by atoms with Gasteiger partial charge in [-0.1, -0.05) is 92.7 Å². The fourth-order valence-electron chi connectivity index (χ4n) is 4.03. The number of hydrogen-bond acceptors (Lipinski definition) is 5. The molecule has 1 N–H and O–H groups in total. The largest absolute Gasteiger partial charge is 0.445 e. The number of alkyl carbamates (subject to hydrolysis) is 1. The van der Waals surface area contributed by atoms with E-state index >= 15 is 0 Å². The number of aliphatic imine (C=N–C) groups is 1. The van der Waals surface area contributed by atoms with Gasteiger partial charge in [-0.3, -0.25) is 14.9 Å². The zero-order chi connectivity index (χ0) is 23.5. The number of carbonyl (C=O) groups is 1. The lowest BCUT2D eigenvalue weighted by Crippen LogP contribution is -2.30. The maximum atomic E-state index is 12.8. The number of fused-ring (bicyclic) bond motifs is 3. The second kappa shape index (κ2) is 9.31. The van der Waals surface area contributed by atoms with Crippen molar-refractivity contribution in [3.05, 3.63) is 113 Å². The summed E-state index contributed by atoms with van der Waals surface area (Å²) >= 11 is 0. The first kappa shape index (κ1) is 21.6. The molecule has 1 aliphatic heterocycles. The molecule has 1 aliphatic rings. The molecular weight excluding hydrogens is 426 g/mol. The Morgan fingerprint density at radius 2 is 1.62 bits per heavy atom. The van der Waals surface area contributed by atoms with Crippen molar-refractivity contribution < 1.29 is 9.53 Å². The van der Waals surface area contributed by atoms with Crippen molar-refractivity contribution in [3.63, 3.8) is 0 Å². The number of para-hydroxylation sites is 1. The first-order chi connectivity index (χ1) is 16.6. The number of rotatable bonds is 5. The van der Waals surface area contributed by atoms with E-state index in [1.165, 1.54) is 0 Å². The van der Waals surface area contributed by atoms with Gasteiger partial charge in [0.2, 0.25) is 0 Å². The third kappa shape index (κ3) is 4.20. The minimum Gasteiger partial charge on any atom is -0.445 e. The molecular formula is C27H25N5O2. The highest BCUT2D eigenvalue weighted by Crippen LogP contribution is 2.31. The van der Waals surface area contributed by atoms with Gasteiger partial charge in [0.05, 0.1) is 11.4 Å². The number of ether oxygens (including phenoxy) is 1. The Morgan fingerprint density at radius 3 is 2.35 bits per heavy atom. The predicted molar refractivity (Wildman–Crippen MR) is 130 cm³/mol. The molecule has 0 spiro atoms. The Labute approximate surface area is 198 Å². The van der Waals surface area contributed by atoms with E-state index in [-0.39, 0.29) is 12.5 Å². The van der Waals surface area contributed by atoms with Crippen LogP contribution >= 0.6 is 0 Å². The molecule has 1 unspecified atom stereocenters. The summed E-state index contributed by atoms with van der Waals surface area (Å²) in [5, 5.41) is 11.8. The summed E-state index contributed by atoms with van der Waals surface area (Å²) in [5.41, 5.74) is 4.49. The zero-order valence-corrected chi connectivity index (χ0v) is 19.1. The number of nitrogens with one attached hydrogen (secondary N) is 1. The summed E-state index contributed by atoms with van der Waals surface area (Å²) in [4.78, 5) is 17.8. The molecule has 7 heteroatoms. The molecule has 2 heterocycles. The van der Waals surface area contributed by atoms with Crippen LogP contribution in [0.25, 0.3) is 5.69 Å². The second-order valence-corrected chi connectivity index (χ2v) is 8.38. The summed E-state index contributed by atoms with van der Waals surface area (Å²) < 4.78 is 7.48. The van der Waals surface area contributed by atoms with E-state index in [1.807, 2.05) is 89.5 Å². The molecule has 1 atom stereocenters. The van der Waals surface area contributed by atoms with Crippen LogP contribution in [0.4, 0.5) is 4.79 Å². The lowest BCUT2D eigenvalue weighted by atomic mass is 10.0. The molecule has 0 aliphatic carbocycles. The average molecular weight is 452 g/mol. The smallest absolute Gasteiger partial charge is 0.409 e. The van der Waals surface area contributed by atoms with Crippen molar-refractivity contribution in [2.45, 2.75) is 32.5 Å². The highest BCUT2D eigenvalue weighted by atomic mass is 16.5. The van der Waals surface area contributed by atoms with Gasteiger partial charge in [0.1, 0.15) is 12.4 Å². The van der Waals surface area contributed by atoms with Gasteiger partial charge in [0, 0.05) is 17.0 Å². The van der Waals surface area contributed by atoms with E-state index in [0.29, 0.717) is 5.82 Å². The Kier molecular flexibility index (Phi) is 5.91. The molecule has 7 nitrogen and oxygen atoms in total. The topological polar surface area (TPSA) is 81.4 Å². The van der Waals surface area contributed by atoms with Crippen LogP contribution in [0.15, 0.2) is 89.9 Å². The number of nitrogens with zero attached hydrogens (tertiary/aromatic N) is 4. The van der Waals surface area contributed by atoms with Crippen LogP contribution in [-0.2, 0) is 11.3 Å². The molecule has 4 aromatic rings. The fourth-order valence-corrected chi connectivity index (χ4v) is 4.03. The van der Waals surface area contributed by atoms with Crippen LogP contribution in [0.3, 0.4) is 0 Å². The molecule has 1 aromatic heterocycles. The second-order valence-electron chi connectivity index (χ2n) is 8.38. The molecule has 5 rings (SSSR count). The van der Waals surface area contributed by atoms with Gasteiger partial charge in [-0.05, 0) is 11.6 Å². The van der Waals surface area contributed by atoms with Gasteiger partial charge in [0.15, 0.2) is 12.0 Å². The summed E-state index contributed by atoms with van der Waals surface area (Å²) in [6.45, 7) is 4.31. The van der Waals surface area contributed by atoms with Gasteiger partial charge in [0.25, 0.3) is 0 Å². The monoisotopic (exact) mass is 451 g/mol. The van der Waals surface area contributed by atoms with Gasteiger partial charge in [-0.2, -0.15) is 0 Å². The van der Waals surface area contributed by atoms with E-state index in [1.54, 1.807) is 0 Å². The Balaban J connectivity index is 1.57. The number of carbonyl (C=O) groups excluding carboxylic acids is 1. The Morgan fingerprint density at radius 1 is 0.941 bits per heavy atom. The summed E-state index contributed by atoms with van der Waals surface area (Å²) in [7, 11) is 0. The van der Waals surface area contributed by atoms with E-state index in [2.05, 4.69) is 29.4 Å². The van der Waals surface area contributed by atoms with Crippen molar-refractivity contribution in [2.75, 3.05) is 0 Å². The number of benzene rings is 3. The average Bonchev–Trinajstić information content (AvgIpc) is 3.27. The first-order valence-corrected chi connectivity index (χ1v) is 11.3. The van der Waals surface area contributed by atoms with Crippen LogP contribution in [0.1, 0.15) is 54.3 Å². The molecule has 0 radical (unpaired) electrons. The molecule has 0 bridgehead atoms. The quantitative estimate of drug-likeness (QED) is 0.454. The number of hydrogen-bond donors (Lipinski definition) is 1. The van der Waals surface area contributed by atoms with Gasteiger partial charge < -0.3 is 4.74 Å². The molecule has 0 saturated heterocycles. The SMILES string of the molecule is CC(C)c1nnc2n1-c1ccccc1C(c1ccccc1)=NC2NC(=O)OCc1ccccc1. The summed E-state index contributed by atoms with van der Waals surface area (Å²) in [6.07, 6.45) is -1.34. The van der Waals surface area contributed by atoms with Crippen molar-refractivity contribution in [1.82, 2.24) is 20.1 Å². The van der Waals surface area contributed by atoms with Gasteiger partial charge >= 0.3 is 6.09 Å². The van der Waals surface area contributed by atoms with Crippen molar-refractivity contribution in [2.24, 2.45) is 4.99 Å². The van der Waals surface area contributed by atoms with Crippen molar-refractivity contribution >= 4 is 11.8 Å². The van der Waals surface area contributed by atoms with Crippen LogP contribution in [-0.4, -0.2) is 26.6 Å². The molecule has 34 heavy (non-hydrogen) atoms. The standard InChI is InChI=1S/C27H25N5O2/c1-18(2)25-30-31-26-24(29-27(33)34-17-19-11-5-3-6-12-19)28-23(20-13-7-4-8-14-20)21-15-9-10-16-22(21)32(25)26/h3-16,18,24H,17H2,1-2H3,(H,29,33). The lowest BCUT2D eigenvalue weighted by molar-refractivity contribution is 0.135. The Bertz CT molecular complexity index is 1330. The molecule has 0 fully saturated rings. The van der Waals surface area contributed by atoms with E-state index in [9.17, 15) is 4.79 Å². The highest BCUT2D eigenvalue weighted by Gasteiger charge is 2.30.